The Labute approximate surface area is 129 Å². The van der Waals surface area contributed by atoms with Gasteiger partial charge in [0.1, 0.15) is 0 Å². The van der Waals surface area contributed by atoms with Crippen LogP contribution in [-0.4, -0.2) is 45.4 Å². The number of hydrogen-bond acceptors (Lipinski definition) is 4. The number of benzene rings is 1. The molecule has 120 valence electrons. The van der Waals surface area contributed by atoms with Gasteiger partial charge in [0.25, 0.3) is 10.0 Å². The molecule has 22 heavy (non-hydrogen) atoms. The van der Waals surface area contributed by atoms with E-state index in [9.17, 15) is 18.0 Å². The number of nitrogens with one attached hydrogen (secondary N) is 2. The van der Waals surface area contributed by atoms with Gasteiger partial charge in [-0.1, -0.05) is 17.7 Å². The van der Waals surface area contributed by atoms with Gasteiger partial charge in [-0.3, -0.25) is 4.79 Å². The van der Waals surface area contributed by atoms with Crippen LogP contribution in [0, 0.1) is 12.8 Å². The highest BCUT2D eigenvalue weighted by Crippen LogP contribution is 2.14. The lowest BCUT2D eigenvalue weighted by Gasteiger charge is -2.12. The van der Waals surface area contributed by atoms with E-state index in [0.717, 1.165) is 5.56 Å². The molecule has 1 aromatic carbocycles. The van der Waals surface area contributed by atoms with Gasteiger partial charge >= 0.3 is 6.03 Å². The van der Waals surface area contributed by atoms with Crippen LogP contribution in [0.4, 0.5) is 4.79 Å². The minimum atomic E-state index is -3.88. The van der Waals surface area contributed by atoms with Crippen molar-refractivity contribution in [1.82, 2.24) is 14.9 Å². The molecule has 3 amide bonds. The fourth-order valence-electron chi connectivity index (χ4n) is 2.26. The molecule has 2 N–H and O–H groups in total. The molecule has 1 unspecified atom stereocenters. The summed E-state index contributed by atoms with van der Waals surface area (Å²) in [7, 11) is -2.18. The minimum Gasteiger partial charge on any atom is -0.345 e. The van der Waals surface area contributed by atoms with Crippen molar-refractivity contribution >= 4 is 22.0 Å². The average molecular weight is 325 g/mol. The predicted molar refractivity (Wildman–Crippen MR) is 80.6 cm³/mol. The average Bonchev–Trinajstić information content (AvgIpc) is 2.76. The van der Waals surface area contributed by atoms with Crippen molar-refractivity contribution in [1.29, 1.82) is 0 Å². The van der Waals surface area contributed by atoms with Crippen molar-refractivity contribution in [3.63, 3.8) is 0 Å². The van der Waals surface area contributed by atoms with Gasteiger partial charge in [-0.05, 0) is 19.1 Å². The van der Waals surface area contributed by atoms with Crippen LogP contribution in [0.1, 0.15) is 12.0 Å². The summed E-state index contributed by atoms with van der Waals surface area (Å²) in [6.45, 7) is 2.66. The number of amides is 3. The number of rotatable bonds is 4. The molecular formula is C14H19N3O4S. The summed E-state index contributed by atoms with van der Waals surface area (Å²) in [5.41, 5.74) is 0.929. The van der Waals surface area contributed by atoms with Crippen LogP contribution >= 0.6 is 0 Å². The van der Waals surface area contributed by atoms with E-state index in [0.29, 0.717) is 13.0 Å². The van der Waals surface area contributed by atoms with E-state index < -0.39 is 16.1 Å². The normalized spacial score (nSPS) is 18.4. The molecular weight excluding hydrogens is 306 g/mol. The number of likely N-dealkylation sites (tertiary alicyclic amines) is 1. The molecule has 1 fully saturated rings. The first-order chi connectivity index (χ1) is 10.3. The highest BCUT2D eigenvalue weighted by atomic mass is 32.2. The number of hydrogen-bond donors (Lipinski definition) is 2. The Morgan fingerprint density at radius 3 is 2.50 bits per heavy atom. The lowest BCUT2D eigenvalue weighted by molar-refractivity contribution is -0.126. The standard InChI is InChI=1S/C14H19N3O4S/c1-10-3-5-12(6-4-10)22(20,21)16-14(19)15-8-11-7-13(18)17(2)9-11/h3-6,11H,7-9H2,1-2H3,(H2,15,16,19). The van der Waals surface area contributed by atoms with Gasteiger partial charge in [0, 0.05) is 32.5 Å². The van der Waals surface area contributed by atoms with Crippen LogP contribution in [0.2, 0.25) is 0 Å². The molecule has 0 aliphatic carbocycles. The quantitative estimate of drug-likeness (QED) is 0.841. The fraction of sp³-hybridized carbons (Fsp3) is 0.429. The molecule has 0 bridgehead atoms. The van der Waals surface area contributed by atoms with Crippen LogP contribution < -0.4 is 10.0 Å². The van der Waals surface area contributed by atoms with E-state index in [1.807, 2.05) is 11.6 Å². The second-order valence-electron chi connectivity index (χ2n) is 5.47. The third-order valence-corrected chi connectivity index (χ3v) is 4.88. The number of sulfonamides is 1. The maximum atomic E-state index is 12.0. The topological polar surface area (TPSA) is 95.6 Å². The number of nitrogens with zero attached hydrogens (tertiary/aromatic N) is 1. The van der Waals surface area contributed by atoms with Crippen molar-refractivity contribution < 1.29 is 18.0 Å². The molecule has 1 atom stereocenters. The first kappa shape index (κ1) is 16.3. The predicted octanol–water partition coefficient (Wildman–Crippen LogP) is 0.461. The summed E-state index contributed by atoms with van der Waals surface area (Å²) in [5.74, 6) is 0.0322. The van der Waals surface area contributed by atoms with Crippen LogP contribution in [0.5, 0.6) is 0 Å². The summed E-state index contributed by atoms with van der Waals surface area (Å²) in [6, 6.07) is 5.41. The van der Waals surface area contributed by atoms with Gasteiger partial charge in [0.15, 0.2) is 0 Å². The fourth-order valence-corrected chi connectivity index (χ4v) is 3.19. The Hall–Kier alpha value is -2.09. The molecule has 1 aromatic rings. The SMILES string of the molecule is Cc1ccc(S(=O)(=O)NC(=O)NCC2CC(=O)N(C)C2)cc1. The van der Waals surface area contributed by atoms with Crippen molar-refractivity contribution in [2.24, 2.45) is 5.92 Å². The van der Waals surface area contributed by atoms with Crippen LogP contribution in [0.15, 0.2) is 29.2 Å². The van der Waals surface area contributed by atoms with Crippen LogP contribution in [0.25, 0.3) is 0 Å². The Morgan fingerprint density at radius 1 is 1.32 bits per heavy atom. The Morgan fingerprint density at radius 2 is 1.95 bits per heavy atom. The van der Waals surface area contributed by atoms with E-state index in [2.05, 4.69) is 5.32 Å². The minimum absolute atomic E-state index is 0.00493. The summed E-state index contributed by atoms with van der Waals surface area (Å²) < 4.78 is 26.0. The zero-order valence-electron chi connectivity index (χ0n) is 12.5. The molecule has 8 heteroatoms. The third-order valence-electron chi connectivity index (χ3n) is 3.53. The smallest absolute Gasteiger partial charge is 0.328 e. The highest BCUT2D eigenvalue weighted by molar-refractivity contribution is 7.90. The summed E-state index contributed by atoms with van der Waals surface area (Å²) in [5, 5.41) is 2.49. The van der Waals surface area contributed by atoms with E-state index in [4.69, 9.17) is 0 Å². The Balaban J connectivity index is 1.89. The zero-order valence-corrected chi connectivity index (χ0v) is 13.3. The molecule has 0 spiro atoms. The maximum Gasteiger partial charge on any atom is 0.328 e. The molecule has 7 nitrogen and oxygen atoms in total. The number of carbonyl (C=O) groups is 2. The number of carbonyl (C=O) groups excluding carboxylic acids is 2. The molecule has 0 saturated carbocycles. The number of aryl methyl sites for hydroxylation is 1. The second-order valence-corrected chi connectivity index (χ2v) is 7.16. The second kappa shape index (κ2) is 6.35. The molecule has 1 aliphatic heterocycles. The van der Waals surface area contributed by atoms with Gasteiger partial charge in [-0.25, -0.2) is 17.9 Å². The number of urea groups is 1. The Kier molecular flexibility index (Phi) is 4.70. The van der Waals surface area contributed by atoms with E-state index >= 15 is 0 Å². The summed E-state index contributed by atoms with van der Waals surface area (Å²) in [4.78, 5) is 24.7. The van der Waals surface area contributed by atoms with Gasteiger partial charge in [-0.2, -0.15) is 0 Å². The lowest BCUT2D eigenvalue weighted by Crippen LogP contribution is -2.41. The van der Waals surface area contributed by atoms with Gasteiger partial charge in [0.2, 0.25) is 5.91 Å². The van der Waals surface area contributed by atoms with Crippen molar-refractivity contribution in [3.05, 3.63) is 29.8 Å². The van der Waals surface area contributed by atoms with Crippen molar-refractivity contribution in [3.8, 4) is 0 Å². The first-order valence-corrected chi connectivity index (χ1v) is 8.37. The molecule has 1 saturated heterocycles. The van der Waals surface area contributed by atoms with Gasteiger partial charge in [0.05, 0.1) is 4.90 Å². The van der Waals surface area contributed by atoms with Crippen LogP contribution in [-0.2, 0) is 14.8 Å². The molecule has 2 rings (SSSR count). The van der Waals surface area contributed by atoms with Crippen LogP contribution in [0.3, 0.4) is 0 Å². The van der Waals surface area contributed by atoms with Crippen molar-refractivity contribution in [2.45, 2.75) is 18.2 Å². The summed E-state index contributed by atoms with van der Waals surface area (Å²) >= 11 is 0. The van der Waals surface area contributed by atoms with Crippen molar-refractivity contribution in [2.75, 3.05) is 20.1 Å². The third kappa shape index (κ3) is 3.97. The first-order valence-electron chi connectivity index (χ1n) is 6.89. The monoisotopic (exact) mass is 325 g/mol. The molecule has 1 aliphatic rings. The zero-order chi connectivity index (χ0) is 16.3. The molecule has 1 heterocycles. The van der Waals surface area contributed by atoms with E-state index in [-0.39, 0.29) is 23.3 Å². The van der Waals surface area contributed by atoms with Gasteiger partial charge in [-0.15, -0.1) is 0 Å². The van der Waals surface area contributed by atoms with E-state index in [1.54, 1.807) is 24.1 Å². The van der Waals surface area contributed by atoms with E-state index in [1.165, 1.54) is 12.1 Å². The molecule has 0 aromatic heterocycles. The maximum absolute atomic E-state index is 12.0. The summed E-state index contributed by atoms with van der Waals surface area (Å²) in [6.07, 6.45) is 0.363. The van der Waals surface area contributed by atoms with Gasteiger partial charge < -0.3 is 10.2 Å². The highest BCUT2D eigenvalue weighted by Gasteiger charge is 2.27. The molecule has 0 radical (unpaired) electrons. The lowest BCUT2D eigenvalue weighted by atomic mass is 10.1. The Bertz CT molecular complexity index is 670. The largest absolute Gasteiger partial charge is 0.345 e.